The predicted octanol–water partition coefficient (Wildman–Crippen LogP) is 2.72. The van der Waals surface area contributed by atoms with Crippen LogP contribution in [-0.4, -0.2) is 32.8 Å². The van der Waals surface area contributed by atoms with E-state index in [-0.39, 0.29) is 5.56 Å². The number of carboxylic acids is 1. The summed E-state index contributed by atoms with van der Waals surface area (Å²) in [6, 6.07) is 6.46. The molecule has 0 saturated carbocycles. The summed E-state index contributed by atoms with van der Waals surface area (Å²) in [7, 11) is 0. The molecule has 0 aliphatic carbocycles. The third-order valence-electron chi connectivity index (χ3n) is 2.17. The highest BCUT2D eigenvalue weighted by Gasteiger charge is 2.04. The zero-order valence-corrected chi connectivity index (χ0v) is 11.8. The molecule has 2 aromatic rings. The first-order valence-corrected chi connectivity index (χ1v) is 7.30. The summed E-state index contributed by atoms with van der Waals surface area (Å²) in [6.07, 6.45) is 0. The molecule has 0 atom stereocenters. The van der Waals surface area contributed by atoms with Crippen LogP contribution in [-0.2, 0) is 0 Å². The Morgan fingerprint density at radius 3 is 3.05 bits per heavy atom. The normalized spacial score (nSPS) is 10.4. The average Bonchev–Trinajstić information content (AvgIpc) is 2.81. The van der Waals surface area contributed by atoms with E-state index in [2.05, 4.69) is 9.36 Å². The number of aromatic nitrogens is 2. The summed E-state index contributed by atoms with van der Waals surface area (Å²) in [5.74, 6) is 1.13. The molecule has 0 bridgehead atoms. The van der Waals surface area contributed by atoms with E-state index < -0.39 is 5.97 Å². The Morgan fingerprint density at radius 2 is 2.37 bits per heavy atom. The minimum Gasteiger partial charge on any atom is -0.493 e. The van der Waals surface area contributed by atoms with Gasteiger partial charge in [-0.2, -0.15) is 4.37 Å². The van der Waals surface area contributed by atoms with Crippen molar-refractivity contribution in [3.05, 3.63) is 35.7 Å². The molecule has 0 fully saturated rings. The molecule has 7 heteroatoms. The zero-order chi connectivity index (χ0) is 13.7. The number of carboxylic acid groups (broad SMARTS) is 1. The van der Waals surface area contributed by atoms with E-state index in [1.807, 2.05) is 6.92 Å². The van der Waals surface area contributed by atoms with Crippen molar-refractivity contribution in [1.29, 1.82) is 0 Å². The lowest BCUT2D eigenvalue weighted by molar-refractivity contribution is 0.0696. The molecule has 0 aliphatic rings. The number of rotatable bonds is 6. The summed E-state index contributed by atoms with van der Waals surface area (Å²) >= 11 is 2.95. The zero-order valence-electron chi connectivity index (χ0n) is 10.2. The van der Waals surface area contributed by atoms with Crippen LogP contribution in [0.5, 0.6) is 5.75 Å². The molecular formula is C12H12N2O3S2. The van der Waals surface area contributed by atoms with E-state index in [4.69, 9.17) is 9.84 Å². The van der Waals surface area contributed by atoms with Crippen LogP contribution in [0.25, 0.3) is 0 Å². The maximum atomic E-state index is 10.8. The highest BCUT2D eigenvalue weighted by molar-refractivity contribution is 8.00. The highest BCUT2D eigenvalue weighted by atomic mass is 32.2. The van der Waals surface area contributed by atoms with E-state index in [1.54, 1.807) is 23.9 Å². The number of ether oxygens (including phenoxy) is 1. The van der Waals surface area contributed by atoms with E-state index >= 15 is 0 Å². The minimum atomic E-state index is -0.954. The van der Waals surface area contributed by atoms with Crippen LogP contribution in [0.1, 0.15) is 16.2 Å². The van der Waals surface area contributed by atoms with Gasteiger partial charge in [0.2, 0.25) is 0 Å². The lowest BCUT2D eigenvalue weighted by atomic mass is 10.2. The Balaban J connectivity index is 1.79. The third kappa shape index (κ3) is 4.22. The summed E-state index contributed by atoms with van der Waals surface area (Å²) in [4.78, 5) is 15.0. The third-order valence-corrected chi connectivity index (χ3v) is 4.06. The van der Waals surface area contributed by atoms with Gasteiger partial charge >= 0.3 is 5.97 Å². The van der Waals surface area contributed by atoms with E-state index in [9.17, 15) is 4.79 Å². The largest absolute Gasteiger partial charge is 0.493 e. The summed E-state index contributed by atoms with van der Waals surface area (Å²) in [6.45, 7) is 2.35. The van der Waals surface area contributed by atoms with Gasteiger partial charge in [0.05, 0.1) is 12.2 Å². The van der Waals surface area contributed by atoms with Gasteiger partial charge in [-0.3, -0.25) is 0 Å². The number of carbonyl (C=O) groups is 1. The minimum absolute atomic E-state index is 0.227. The molecule has 0 aliphatic heterocycles. The summed E-state index contributed by atoms with van der Waals surface area (Å²) < 4.78 is 10.5. The molecule has 2 rings (SSSR count). The second kappa shape index (κ2) is 6.53. The molecule has 100 valence electrons. The molecule has 0 saturated heterocycles. The van der Waals surface area contributed by atoms with Crippen LogP contribution >= 0.6 is 23.3 Å². The Labute approximate surface area is 118 Å². The number of hydrogen-bond donors (Lipinski definition) is 1. The fourth-order valence-electron chi connectivity index (χ4n) is 1.34. The maximum Gasteiger partial charge on any atom is 0.335 e. The molecule has 0 amide bonds. The lowest BCUT2D eigenvalue weighted by Crippen LogP contribution is -2.02. The van der Waals surface area contributed by atoms with Crippen molar-refractivity contribution in [2.45, 2.75) is 11.3 Å². The van der Waals surface area contributed by atoms with Gasteiger partial charge in [0.1, 0.15) is 11.6 Å². The summed E-state index contributed by atoms with van der Waals surface area (Å²) in [5, 5.41) is 8.86. The van der Waals surface area contributed by atoms with Gasteiger partial charge in [-0.1, -0.05) is 17.8 Å². The second-order valence-electron chi connectivity index (χ2n) is 3.64. The van der Waals surface area contributed by atoms with Gasteiger partial charge < -0.3 is 9.84 Å². The SMILES string of the molecule is Cc1nsc(SCCOc2cccc(C(=O)O)c2)n1. The lowest BCUT2D eigenvalue weighted by Gasteiger charge is -2.05. The number of hydrogen-bond acceptors (Lipinski definition) is 6. The number of benzene rings is 1. The van der Waals surface area contributed by atoms with Crippen LogP contribution in [0.15, 0.2) is 28.6 Å². The topological polar surface area (TPSA) is 72.3 Å². The van der Waals surface area contributed by atoms with Gasteiger partial charge in [0.15, 0.2) is 4.34 Å². The van der Waals surface area contributed by atoms with Gasteiger partial charge in [-0.25, -0.2) is 9.78 Å². The molecule has 5 nitrogen and oxygen atoms in total. The first-order valence-electron chi connectivity index (χ1n) is 5.54. The second-order valence-corrected chi connectivity index (χ2v) is 5.73. The molecule has 1 aromatic heterocycles. The first kappa shape index (κ1) is 13.8. The Bertz CT molecular complexity index is 572. The van der Waals surface area contributed by atoms with E-state index in [0.717, 1.165) is 15.9 Å². The maximum absolute atomic E-state index is 10.8. The van der Waals surface area contributed by atoms with E-state index in [1.165, 1.54) is 23.7 Å². The van der Waals surface area contributed by atoms with Crippen molar-refractivity contribution in [3.8, 4) is 5.75 Å². The first-order chi connectivity index (χ1) is 9.15. The van der Waals surface area contributed by atoms with Crippen molar-refractivity contribution in [3.63, 3.8) is 0 Å². The predicted molar refractivity (Wildman–Crippen MR) is 74.3 cm³/mol. The van der Waals surface area contributed by atoms with Crippen LogP contribution in [0.2, 0.25) is 0 Å². The standard InChI is InChI=1S/C12H12N2O3S2/c1-8-13-12(19-14-8)18-6-5-17-10-4-2-3-9(7-10)11(15)16/h2-4,7H,5-6H2,1H3,(H,15,16). The van der Waals surface area contributed by atoms with Gasteiger partial charge in [-0.05, 0) is 36.7 Å². The van der Waals surface area contributed by atoms with Crippen molar-refractivity contribution in [2.24, 2.45) is 0 Å². The van der Waals surface area contributed by atoms with Crippen LogP contribution < -0.4 is 4.74 Å². The van der Waals surface area contributed by atoms with Gasteiger partial charge in [0, 0.05) is 5.75 Å². The molecule has 19 heavy (non-hydrogen) atoms. The van der Waals surface area contributed by atoms with Crippen LogP contribution in [0.3, 0.4) is 0 Å². The Morgan fingerprint density at radius 1 is 1.53 bits per heavy atom. The van der Waals surface area contributed by atoms with Gasteiger partial charge in [-0.15, -0.1) is 0 Å². The number of aryl methyl sites for hydroxylation is 1. The molecule has 0 radical (unpaired) electrons. The average molecular weight is 296 g/mol. The van der Waals surface area contributed by atoms with Crippen molar-refractivity contribution in [2.75, 3.05) is 12.4 Å². The number of thioether (sulfide) groups is 1. The Hall–Kier alpha value is -1.60. The number of aromatic carboxylic acids is 1. The molecule has 1 heterocycles. The monoisotopic (exact) mass is 296 g/mol. The van der Waals surface area contributed by atoms with Crippen LogP contribution in [0, 0.1) is 6.92 Å². The fourth-order valence-corrected chi connectivity index (χ4v) is 2.88. The van der Waals surface area contributed by atoms with Crippen molar-refractivity contribution in [1.82, 2.24) is 9.36 Å². The fraction of sp³-hybridized carbons (Fsp3) is 0.250. The molecule has 1 aromatic carbocycles. The summed E-state index contributed by atoms with van der Waals surface area (Å²) in [5.41, 5.74) is 0.227. The molecule has 0 spiro atoms. The van der Waals surface area contributed by atoms with Crippen molar-refractivity contribution < 1.29 is 14.6 Å². The molecule has 1 N–H and O–H groups in total. The van der Waals surface area contributed by atoms with E-state index in [0.29, 0.717) is 12.4 Å². The smallest absolute Gasteiger partial charge is 0.335 e. The van der Waals surface area contributed by atoms with Gasteiger partial charge in [0.25, 0.3) is 0 Å². The van der Waals surface area contributed by atoms with Crippen LogP contribution in [0.4, 0.5) is 0 Å². The highest BCUT2D eigenvalue weighted by Crippen LogP contribution is 2.20. The molecular weight excluding hydrogens is 284 g/mol. The Kier molecular flexibility index (Phi) is 4.75. The van der Waals surface area contributed by atoms with Crippen molar-refractivity contribution >= 4 is 29.3 Å². The molecule has 0 unspecified atom stereocenters. The quantitative estimate of drug-likeness (QED) is 0.652. The number of nitrogens with zero attached hydrogens (tertiary/aromatic N) is 2.